The molecule has 1 heterocycles. The normalized spacial score (nSPS) is 23.9. The molecule has 0 saturated heterocycles. The molecule has 1 saturated carbocycles. The van der Waals surface area contributed by atoms with Crippen molar-refractivity contribution in [3.63, 3.8) is 0 Å². The highest BCUT2D eigenvalue weighted by atomic mass is 35.5. The van der Waals surface area contributed by atoms with Crippen LogP contribution in [-0.4, -0.2) is 0 Å². The third-order valence-electron chi connectivity index (χ3n) is 4.03. The summed E-state index contributed by atoms with van der Waals surface area (Å²) in [7, 11) is 0. The van der Waals surface area contributed by atoms with Gasteiger partial charge in [-0.15, -0.1) is 0 Å². The average Bonchev–Trinajstić information content (AvgIpc) is 3.31. The van der Waals surface area contributed by atoms with Gasteiger partial charge in [-0.1, -0.05) is 36.4 Å². The molecule has 1 aromatic rings. The Morgan fingerprint density at radius 3 is 2.67 bits per heavy atom. The molecule has 1 fully saturated rings. The molecule has 3 N–H and O–H groups in total. The molecule has 0 amide bonds. The van der Waals surface area contributed by atoms with E-state index >= 15 is 0 Å². The van der Waals surface area contributed by atoms with Crippen molar-refractivity contribution in [1.29, 1.82) is 5.26 Å². The van der Waals surface area contributed by atoms with Gasteiger partial charge in [0.25, 0.3) is 0 Å². The van der Waals surface area contributed by atoms with E-state index in [0.717, 1.165) is 35.4 Å². The van der Waals surface area contributed by atoms with E-state index in [2.05, 4.69) is 18.0 Å². The number of nitrogens with zero attached hydrogens (tertiary/aromatic N) is 1. The van der Waals surface area contributed by atoms with Crippen molar-refractivity contribution < 1.29 is 0 Å². The van der Waals surface area contributed by atoms with Gasteiger partial charge in [0.1, 0.15) is 0 Å². The standard InChI is InChI=1S/C17H16ClN3/c1-10-13(8-19)16(12-4-2-3-5-15(12)18)14(9-20)17(21-10)11-6-7-11/h2-5,8,11,16,21H,1,6-7,19H2/b13-8+. The minimum atomic E-state index is -0.238. The van der Waals surface area contributed by atoms with Crippen molar-refractivity contribution in [2.24, 2.45) is 11.7 Å². The van der Waals surface area contributed by atoms with Gasteiger partial charge in [0.05, 0.1) is 17.6 Å². The van der Waals surface area contributed by atoms with Gasteiger partial charge >= 0.3 is 0 Å². The molecule has 106 valence electrons. The first-order valence-electron chi connectivity index (χ1n) is 6.94. The lowest BCUT2D eigenvalue weighted by Gasteiger charge is -2.31. The van der Waals surface area contributed by atoms with E-state index in [9.17, 15) is 5.26 Å². The van der Waals surface area contributed by atoms with E-state index in [1.807, 2.05) is 24.3 Å². The van der Waals surface area contributed by atoms with E-state index < -0.39 is 0 Å². The molecule has 0 aromatic heterocycles. The molecule has 1 aromatic carbocycles. The van der Waals surface area contributed by atoms with Crippen LogP contribution in [0.4, 0.5) is 0 Å². The summed E-state index contributed by atoms with van der Waals surface area (Å²) in [5.74, 6) is 0.193. The summed E-state index contributed by atoms with van der Waals surface area (Å²) in [4.78, 5) is 0. The lowest BCUT2D eigenvalue weighted by Crippen LogP contribution is -2.28. The highest BCUT2D eigenvalue weighted by Gasteiger charge is 2.38. The van der Waals surface area contributed by atoms with Crippen LogP contribution in [0.15, 0.2) is 59.6 Å². The number of hydrogen-bond donors (Lipinski definition) is 2. The largest absolute Gasteiger partial charge is 0.404 e. The first kappa shape index (κ1) is 13.8. The number of nitrogens with one attached hydrogen (secondary N) is 1. The lowest BCUT2D eigenvalue weighted by molar-refractivity contribution is 0.746. The molecule has 3 nitrogen and oxygen atoms in total. The predicted octanol–water partition coefficient (Wildman–Crippen LogP) is 3.57. The predicted molar refractivity (Wildman–Crippen MR) is 84.1 cm³/mol. The number of rotatable bonds is 2. The van der Waals surface area contributed by atoms with Crippen LogP contribution >= 0.6 is 11.6 Å². The highest BCUT2D eigenvalue weighted by Crippen LogP contribution is 2.47. The number of halogens is 1. The summed E-state index contributed by atoms with van der Waals surface area (Å²) in [6, 6.07) is 9.94. The van der Waals surface area contributed by atoms with Crippen LogP contribution in [0.25, 0.3) is 0 Å². The highest BCUT2D eigenvalue weighted by molar-refractivity contribution is 6.31. The zero-order valence-electron chi connectivity index (χ0n) is 11.6. The number of hydrogen-bond acceptors (Lipinski definition) is 3. The summed E-state index contributed by atoms with van der Waals surface area (Å²) in [6.07, 6.45) is 3.74. The molecule has 1 atom stereocenters. The van der Waals surface area contributed by atoms with Crippen LogP contribution in [-0.2, 0) is 0 Å². The van der Waals surface area contributed by atoms with Crippen LogP contribution in [0.2, 0.25) is 5.02 Å². The van der Waals surface area contributed by atoms with Gasteiger partial charge in [-0.25, -0.2) is 0 Å². The first-order valence-corrected chi connectivity index (χ1v) is 7.31. The van der Waals surface area contributed by atoms with Crippen LogP contribution in [0.3, 0.4) is 0 Å². The Morgan fingerprint density at radius 1 is 1.38 bits per heavy atom. The maximum atomic E-state index is 9.67. The Hall–Kier alpha value is -2.18. The third kappa shape index (κ3) is 2.32. The summed E-state index contributed by atoms with van der Waals surface area (Å²) in [6.45, 7) is 4.05. The summed E-state index contributed by atoms with van der Waals surface area (Å²) in [5, 5.41) is 13.6. The minimum Gasteiger partial charge on any atom is -0.404 e. The van der Waals surface area contributed by atoms with Crippen LogP contribution < -0.4 is 11.1 Å². The molecule has 4 heteroatoms. The fraction of sp³-hybridized carbons (Fsp3) is 0.235. The molecular formula is C17H16ClN3. The van der Waals surface area contributed by atoms with Crippen LogP contribution in [0, 0.1) is 17.2 Å². The molecule has 2 aliphatic rings. The Kier molecular flexibility index (Phi) is 3.48. The second kappa shape index (κ2) is 5.31. The second-order valence-electron chi connectivity index (χ2n) is 5.39. The number of nitrogens with two attached hydrogens (primary N) is 1. The van der Waals surface area contributed by atoms with Crippen molar-refractivity contribution in [2.45, 2.75) is 18.8 Å². The fourth-order valence-electron chi connectivity index (χ4n) is 2.84. The second-order valence-corrected chi connectivity index (χ2v) is 5.80. The van der Waals surface area contributed by atoms with Gasteiger partial charge in [-0.05, 0) is 24.5 Å². The molecular weight excluding hydrogens is 282 g/mol. The van der Waals surface area contributed by atoms with Crippen molar-refractivity contribution in [3.8, 4) is 6.07 Å². The smallest absolute Gasteiger partial charge is 0.0975 e. The summed E-state index contributed by atoms with van der Waals surface area (Å²) >= 11 is 6.34. The molecule has 0 bridgehead atoms. The van der Waals surface area contributed by atoms with Crippen molar-refractivity contribution in [2.75, 3.05) is 0 Å². The van der Waals surface area contributed by atoms with E-state index in [0.29, 0.717) is 16.5 Å². The van der Waals surface area contributed by atoms with E-state index in [4.69, 9.17) is 17.3 Å². The zero-order valence-corrected chi connectivity index (χ0v) is 12.3. The van der Waals surface area contributed by atoms with Gasteiger partial charge in [0.2, 0.25) is 0 Å². The summed E-state index contributed by atoms with van der Waals surface area (Å²) < 4.78 is 0. The Balaban J connectivity index is 2.21. The van der Waals surface area contributed by atoms with Crippen LogP contribution in [0.1, 0.15) is 24.3 Å². The molecule has 0 radical (unpaired) electrons. The monoisotopic (exact) mass is 297 g/mol. The van der Waals surface area contributed by atoms with Crippen LogP contribution in [0.5, 0.6) is 0 Å². The number of benzene rings is 1. The molecule has 21 heavy (non-hydrogen) atoms. The molecule has 1 aliphatic carbocycles. The van der Waals surface area contributed by atoms with Gasteiger partial charge in [0, 0.05) is 34.1 Å². The van der Waals surface area contributed by atoms with Gasteiger partial charge in [-0.2, -0.15) is 5.26 Å². The average molecular weight is 298 g/mol. The van der Waals surface area contributed by atoms with Crippen molar-refractivity contribution >= 4 is 11.6 Å². The Labute approximate surface area is 129 Å². The lowest BCUT2D eigenvalue weighted by atomic mass is 9.80. The van der Waals surface area contributed by atoms with Gasteiger partial charge < -0.3 is 11.1 Å². The Bertz CT molecular complexity index is 705. The van der Waals surface area contributed by atoms with Gasteiger partial charge in [-0.3, -0.25) is 0 Å². The SMILES string of the molecule is C=C1NC(C2CC2)=C(C#N)C(c2ccccc2Cl)/C1=C/N. The van der Waals surface area contributed by atoms with E-state index in [1.165, 1.54) is 6.20 Å². The molecule has 3 rings (SSSR count). The maximum absolute atomic E-state index is 9.67. The zero-order chi connectivity index (χ0) is 15.0. The van der Waals surface area contributed by atoms with Crippen molar-refractivity contribution in [1.82, 2.24) is 5.32 Å². The first-order chi connectivity index (χ1) is 10.2. The van der Waals surface area contributed by atoms with Crippen molar-refractivity contribution in [3.05, 3.63) is 70.2 Å². The maximum Gasteiger partial charge on any atom is 0.0975 e. The van der Waals surface area contributed by atoms with Gasteiger partial charge in [0.15, 0.2) is 0 Å². The summed E-state index contributed by atoms with van der Waals surface area (Å²) in [5.41, 5.74) is 9.93. The number of allylic oxidation sites excluding steroid dienone is 3. The van der Waals surface area contributed by atoms with E-state index in [-0.39, 0.29) is 5.92 Å². The fourth-order valence-corrected chi connectivity index (χ4v) is 3.08. The molecule has 0 spiro atoms. The quantitative estimate of drug-likeness (QED) is 0.877. The molecule has 1 aliphatic heterocycles. The Morgan fingerprint density at radius 2 is 2.10 bits per heavy atom. The topological polar surface area (TPSA) is 61.8 Å². The number of nitriles is 1. The van der Waals surface area contributed by atoms with E-state index in [1.54, 1.807) is 0 Å². The minimum absolute atomic E-state index is 0.238. The molecule has 1 unspecified atom stereocenters. The third-order valence-corrected chi connectivity index (χ3v) is 4.37.